The summed E-state index contributed by atoms with van der Waals surface area (Å²) in [6.45, 7) is 10.8. The third-order valence-electron chi connectivity index (χ3n) is 8.43. The normalized spacial score (nSPS) is 15.6. The number of hydrogen-bond acceptors (Lipinski definition) is 8. The van der Waals surface area contributed by atoms with E-state index in [2.05, 4.69) is 59.0 Å². The van der Waals surface area contributed by atoms with Gasteiger partial charge in [0, 0.05) is 37.3 Å². The van der Waals surface area contributed by atoms with E-state index in [0.717, 1.165) is 6.07 Å². The molecule has 4 aromatic rings. The number of oxazole rings is 1. The molecule has 1 atom stereocenters. The average Bonchev–Trinajstić information content (AvgIpc) is 3.74. The van der Waals surface area contributed by atoms with Gasteiger partial charge in [0.2, 0.25) is 0 Å². The first-order chi connectivity index (χ1) is 22.1. The van der Waals surface area contributed by atoms with Crippen molar-refractivity contribution in [2.75, 3.05) is 24.5 Å². The number of pyridine rings is 1. The van der Waals surface area contributed by atoms with Gasteiger partial charge in [-0.05, 0) is 13.0 Å². The zero-order chi connectivity index (χ0) is 33.2. The number of alkyl halides is 3. The molecule has 5 rings (SSSR count). The van der Waals surface area contributed by atoms with Crippen LogP contribution in [0, 0.1) is 5.82 Å². The zero-order valence-electron chi connectivity index (χ0n) is 27.1. The molecule has 0 bridgehead atoms. The van der Waals surface area contributed by atoms with E-state index in [0.29, 0.717) is 24.6 Å². The van der Waals surface area contributed by atoms with Gasteiger partial charge in [-0.3, -0.25) is 0 Å². The summed E-state index contributed by atoms with van der Waals surface area (Å²) < 4.78 is 68.6. The molecule has 1 aliphatic heterocycles. The first-order valence-corrected chi connectivity index (χ1v) is 24.7. The number of unbranched alkanes of at least 4 members (excludes halogenated alkanes) is 3. The van der Waals surface area contributed by atoms with Crippen LogP contribution in [0.1, 0.15) is 66.2 Å². The third kappa shape index (κ3) is 9.33. The van der Waals surface area contributed by atoms with E-state index in [1.165, 1.54) is 69.4 Å². The minimum Gasteiger partial charge on any atom is -0.422 e. The van der Waals surface area contributed by atoms with Crippen LogP contribution in [0.3, 0.4) is 0 Å². The summed E-state index contributed by atoms with van der Waals surface area (Å²) in [5.41, 5.74) is -0.0850. The van der Waals surface area contributed by atoms with E-state index in [9.17, 15) is 17.6 Å². The molecule has 0 radical (unpaired) electrons. The Morgan fingerprint density at radius 1 is 1.04 bits per heavy atom. The van der Waals surface area contributed by atoms with E-state index in [1.54, 1.807) is 9.09 Å². The molecule has 1 aliphatic rings. The molecule has 13 heteroatoms. The molecule has 7 nitrogen and oxygen atoms in total. The zero-order valence-corrected chi connectivity index (χ0v) is 30.8. The van der Waals surface area contributed by atoms with Crippen molar-refractivity contribution in [2.24, 2.45) is 0 Å². The smallest absolute Gasteiger partial charge is 0.422 e. The van der Waals surface area contributed by atoms with Crippen molar-refractivity contribution in [1.29, 1.82) is 0 Å². The van der Waals surface area contributed by atoms with Crippen molar-refractivity contribution in [3.05, 3.63) is 47.9 Å². The number of fused-ring (bicyclic) bond motifs is 1. The van der Waals surface area contributed by atoms with Crippen molar-refractivity contribution in [3.63, 3.8) is 0 Å². The molecule has 0 aliphatic carbocycles. The van der Waals surface area contributed by atoms with E-state index < -0.39 is 36.3 Å². The Morgan fingerprint density at radius 2 is 1.74 bits per heavy atom. The van der Waals surface area contributed by atoms with Gasteiger partial charge in [0.25, 0.3) is 6.01 Å². The second-order valence-corrected chi connectivity index (χ2v) is 25.8. The Hall–Kier alpha value is -2.45. The van der Waals surface area contributed by atoms with Crippen LogP contribution in [0.5, 0.6) is 5.75 Å². The molecule has 1 saturated heterocycles. The standard InChI is InChI=1S/C16H14F4N4O2S.C5H4N.3C4H9.Sn/c1-8-7-21-2-4-24(8)15-23-11-12(25-15)9(14-22-3-5-27-14)6-10(17)13(11)26-16(18,19)20;1-2-4-6-5-3-1;3*1-3-4-2;/h3,5-6,8,21H,2,4,7H2,1H3;1-4H;3*1,3-4H2,2H3;/t8-;;;;;/m0...../s1. The number of rotatable bonds is 13. The quantitative estimate of drug-likeness (QED) is 0.108. The van der Waals surface area contributed by atoms with Gasteiger partial charge < -0.3 is 19.4 Å². The summed E-state index contributed by atoms with van der Waals surface area (Å²) in [4.78, 5) is 14.9. The minimum absolute atomic E-state index is 0.00586. The Bertz CT molecular complexity index is 1470. The maximum Gasteiger partial charge on any atom is 0.573 e. The number of piperazine rings is 1. The van der Waals surface area contributed by atoms with Crippen LogP contribution in [0.2, 0.25) is 13.3 Å². The van der Waals surface area contributed by atoms with Crippen LogP contribution >= 0.6 is 11.3 Å². The van der Waals surface area contributed by atoms with Gasteiger partial charge in [0.05, 0.1) is 5.56 Å². The molecule has 1 aromatic carbocycles. The summed E-state index contributed by atoms with van der Waals surface area (Å²) in [5.74, 6) is -2.19. The summed E-state index contributed by atoms with van der Waals surface area (Å²) in [7, 11) is 0. The van der Waals surface area contributed by atoms with E-state index in [-0.39, 0.29) is 28.7 Å². The fourth-order valence-electron chi connectivity index (χ4n) is 5.97. The number of hydrogen-bond donors (Lipinski definition) is 1. The maximum absolute atomic E-state index is 14.5. The first kappa shape index (κ1) is 36.4. The molecule has 4 heterocycles. The molecule has 1 fully saturated rings. The Labute approximate surface area is 277 Å². The number of nitrogens with zero attached hydrogens (tertiary/aromatic N) is 4. The van der Waals surface area contributed by atoms with Crippen molar-refractivity contribution < 1.29 is 26.7 Å². The number of thiazole rings is 1. The summed E-state index contributed by atoms with van der Waals surface area (Å²) in [5, 5.41) is 5.29. The van der Waals surface area contributed by atoms with Gasteiger partial charge in [-0.2, -0.15) is 4.98 Å². The van der Waals surface area contributed by atoms with Crippen LogP contribution < -0.4 is 18.7 Å². The van der Waals surface area contributed by atoms with Gasteiger partial charge in [0.15, 0.2) is 22.7 Å². The van der Waals surface area contributed by atoms with Gasteiger partial charge in [-0.15, -0.1) is 24.5 Å². The monoisotopic (exact) mass is 771 g/mol. The SMILES string of the molecule is CCC[CH2][Sn]([CH2]CCC)([CH2]CCC)[c]1ccccn1.C[C@H]1CNCCN1c1nc2c(OC(F)(F)F)c(F)cc(-c3nccs3)c2o1. The van der Waals surface area contributed by atoms with Crippen LogP contribution in [-0.2, 0) is 0 Å². The second kappa shape index (κ2) is 17.1. The van der Waals surface area contributed by atoms with E-state index >= 15 is 0 Å². The third-order valence-corrected chi connectivity index (χ3v) is 24.4. The van der Waals surface area contributed by atoms with Crippen LogP contribution in [0.15, 0.2) is 46.5 Å². The molecule has 0 saturated carbocycles. The van der Waals surface area contributed by atoms with Crippen molar-refractivity contribution in [3.8, 4) is 16.3 Å². The Balaban J connectivity index is 0.000000224. The predicted octanol–water partition coefficient (Wildman–Crippen LogP) is 8.92. The molecule has 0 spiro atoms. The number of aromatic nitrogens is 3. The number of nitrogens with one attached hydrogen (secondary N) is 1. The molecule has 3 aromatic heterocycles. The molecular formula is C33H45F4N5O2SSn. The molecule has 0 amide bonds. The Kier molecular flexibility index (Phi) is 13.5. The van der Waals surface area contributed by atoms with Gasteiger partial charge in [-0.1, -0.05) is 0 Å². The average molecular weight is 771 g/mol. The van der Waals surface area contributed by atoms with Crippen LogP contribution in [-0.4, -0.2) is 65.4 Å². The largest absolute Gasteiger partial charge is 0.573 e. The van der Waals surface area contributed by atoms with E-state index in [4.69, 9.17) is 9.40 Å². The summed E-state index contributed by atoms with van der Waals surface area (Å²) >= 11 is -0.995. The van der Waals surface area contributed by atoms with Crippen molar-refractivity contribution in [1.82, 2.24) is 20.3 Å². The predicted molar refractivity (Wildman–Crippen MR) is 180 cm³/mol. The number of benzene rings is 1. The second-order valence-electron chi connectivity index (χ2n) is 11.8. The molecule has 1 N–H and O–H groups in total. The van der Waals surface area contributed by atoms with Crippen LogP contribution in [0.25, 0.3) is 21.7 Å². The first-order valence-electron chi connectivity index (χ1n) is 16.3. The van der Waals surface area contributed by atoms with Gasteiger partial charge >= 0.3 is 130 Å². The Morgan fingerprint density at radius 3 is 2.28 bits per heavy atom. The molecular weight excluding hydrogens is 725 g/mol. The molecule has 0 unspecified atom stereocenters. The molecule has 46 heavy (non-hydrogen) atoms. The van der Waals surface area contributed by atoms with Crippen LogP contribution in [0.4, 0.5) is 23.6 Å². The fourth-order valence-corrected chi connectivity index (χ4v) is 22.1. The number of anilines is 1. The van der Waals surface area contributed by atoms with Gasteiger partial charge in [-0.25, -0.2) is 9.37 Å². The maximum atomic E-state index is 14.5. The number of ether oxygens (including phenoxy) is 1. The fraction of sp³-hybridized carbons (Fsp3) is 0.545. The van der Waals surface area contributed by atoms with E-state index in [1.807, 2.05) is 18.0 Å². The topological polar surface area (TPSA) is 76.3 Å². The summed E-state index contributed by atoms with van der Waals surface area (Å²) in [6, 6.07) is 7.67. The summed E-state index contributed by atoms with van der Waals surface area (Å²) in [6.07, 6.45) is 6.74. The number of halogens is 4. The van der Waals surface area contributed by atoms with Crippen molar-refractivity contribution >= 4 is 50.5 Å². The van der Waals surface area contributed by atoms with Crippen molar-refractivity contribution in [2.45, 2.75) is 91.9 Å². The van der Waals surface area contributed by atoms with Gasteiger partial charge in [0.1, 0.15) is 5.01 Å². The minimum atomic E-state index is -5.06. The molecule has 252 valence electrons.